The first-order valence-electron chi connectivity index (χ1n) is 9.80. The smallest absolute Gasteiger partial charge is 0.410 e. The fourth-order valence-corrected chi connectivity index (χ4v) is 4.95. The highest BCUT2D eigenvalue weighted by Crippen LogP contribution is 2.32. The number of benzene rings is 2. The fraction of sp³-hybridized carbons (Fsp3) is 0.217. The lowest BCUT2D eigenvalue weighted by Crippen LogP contribution is -2.36. The second-order valence-electron chi connectivity index (χ2n) is 7.06. The first kappa shape index (κ1) is 20.6. The van der Waals surface area contributed by atoms with Crippen molar-refractivity contribution in [3.05, 3.63) is 71.4 Å². The number of ether oxygens (including phenoxy) is 1. The van der Waals surface area contributed by atoms with Crippen molar-refractivity contribution in [2.24, 2.45) is 0 Å². The maximum Gasteiger partial charge on any atom is 0.410 e. The fourth-order valence-electron chi connectivity index (χ4n) is 3.78. The molecule has 0 radical (unpaired) electrons. The van der Waals surface area contributed by atoms with E-state index in [1.165, 1.54) is 21.7 Å². The largest absolute Gasteiger partial charge is 0.450 e. The van der Waals surface area contributed by atoms with Crippen molar-refractivity contribution in [3.8, 4) is 22.4 Å². The minimum Gasteiger partial charge on any atom is -0.450 e. The molecule has 2 aromatic carbocycles. The van der Waals surface area contributed by atoms with Gasteiger partial charge in [0.25, 0.3) is 0 Å². The van der Waals surface area contributed by atoms with Gasteiger partial charge in [-0.15, -0.1) is 17.0 Å². The number of carbonyl (C=O) groups excluding carboxylic acids is 1. The highest BCUT2D eigenvalue weighted by atomic mass is 79.9. The first-order valence-corrected chi connectivity index (χ1v) is 10.6. The van der Waals surface area contributed by atoms with Gasteiger partial charge in [0.1, 0.15) is 0 Å². The van der Waals surface area contributed by atoms with Gasteiger partial charge in [-0.25, -0.2) is 9.78 Å². The lowest BCUT2D eigenvalue weighted by molar-refractivity contribution is 0.103. The van der Waals surface area contributed by atoms with E-state index in [2.05, 4.69) is 59.1 Å². The van der Waals surface area contributed by atoms with Gasteiger partial charge in [-0.05, 0) is 18.1 Å². The summed E-state index contributed by atoms with van der Waals surface area (Å²) in [5, 5.41) is 0. The molecule has 0 aliphatic carbocycles. The zero-order chi connectivity index (χ0) is 19.8. The van der Waals surface area contributed by atoms with Crippen molar-refractivity contribution in [1.29, 1.82) is 0 Å². The number of imidazole rings is 1. The molecule has 1 amide bonds. The number of hydrogen-bond donors (Lipinski definition) is 0. The van der Waals surface area contributed by atoms with Gasteiger partial charge in [-0.2, -0.15) is 0 Å². The summed E-state index contributed by atoms with van der Waals surface area (Å²) < 4.78 is 7.32. The van der Waals surface area contributed by atoms with Crippen LogP contribution in [-0.4, -0.2) is 33.5 Å². The lowest BCUT2D eigenvalue weighted by Gasteiger charge is -2.25. The molecule has 154 valence electrons. The lowest BCUT2D eigenvalue weighted by atomic mass is 10.0. The predicted molar refractivity (Wildman–Crippen MR) is 125 cm³/mol. The Labute approximate surface area is 189 Å². The van der Waals surface area contributed by atoms with E-state index in [4.69, 9.17) is 9.72 Å². The van der Waals surface area contributed by atoms with Crippen LogP contribution in [0.1, 0.15) is 17.5 Å². The van der Waals surface area contributed by atoms with Gasteiger partial charge in [0.2, 0.25) is 0 Å². The minimum absolute atomic E-state index is 0. The molecule has 0 saturated heterocycles. The van der Waals surface area contributed by atoms with Crippen LogP contribution < -0.4 is 0 Å². The number of fused-ring (bicyclic) bond motifs is 3. The number of thiazole rings is 1. The minimum atomic E-state index is -0.233. The normalized spacial score (nSPS) is 13.0. The van der Waals surface area contributed by atoms with Crippen LogP contribution in [0, 0.1) is 0 Å². The van der Waals surface area contributed by atoms with E-state index in [0.717, 1.165) is 22.6 Å². The number of carbonyl (C=O) groups is 1. The molecule has 1 aliphatic rings. The van der Waals surface area contributed by atoms with E-state index < -0.39 is 0 Å². The second kappa shape index (κ2) is 8.62. The molecule has 0 atom stereocenters. The van der Waals surface area contributed by atoms with E-state index >= 15 is 0 Å². The van der Waals surface area contributed by atoms with E-state index in [9.17, 15) is 4.79 Å². The molecular weight excluding hydrogens is 462 g/mol. The van der Waals surface area contributed by atoms with Crippen molar-refractivity contribution < 1.29 is 9.53 Å². The summed E-state index contributed by atoms with van der Waals surface area (Å²) in [7, 11) is 0. The van der Waals surface area contributed by atoms with Crippen LogP contribution in [0.3, 0.4) is 0 Å². The standard InChI is InChI=1S/C23H21N3O2S.BrH/c1-2-28-23(27)25-13-12-20-21(15-25)29-22-24-19(14-26(20)22)18-10-8-17(9-11-18)16-6-4-3-5-7-16;/h3-11,14H,2,12-13,15H2,1H3;1H. The Morgan fingerprint density at radius 1 is 1.07 bits per heavy atom. The molecule has 0 bridgehead atoms. The maximum absolute atomic E-state index is 12.0. The molecule has 30 heavy (non-hydrogen) atoms. The van der Waals surface area contributed by atoms with E-state index in [1.54, 1.807) is 16.2 Å². The molecular formula is C23H22BrN3O2S. The molecule has 4 aromatic rings. The quantitative estimate of drug-likeness (QED) is 0.368. The van der Waals surface area contributed by atoms with Gasteiger partial charge >= 0.3 is 6.09 Å². The van der Waals surface area contributed by atoms with E-state index in [-0.39, 0.29) is 23.1 Å². The summed E-state index contributed by atoms with van der Waals surface area (Å²) in [6.07, 6.45) is 2.70. The summed E-state index contributed by atoms with van der Waals surface area (Å²) >= 11 is 1.66. The molecule has 7 heteroatoms. The number of aromatic nitrogens is 2. The molecule has 3 heterocycles. The Hall–Kier alpha value is -2.64. The second-order valence-corrected chi connectivity index (χ2v) is 8.13. The van der Waals surface area contributed by atoms with Crippen molar-refractivity contribution >= 4 is 39.4 Å². The third-order valence-corrected chi connectivity index (χ3v) is 6.35. The van der Waals surface area contributed by atoms with E-state index in [1.807, 2.05) is 13.0 Å². The van der Waals surface area contributed by atoms with Crippen LogP contribution >= 0.6 is 28.3 Å². The van der Waals surface area contributed by atoms with Crippen molar-refractivity contribution in [3.63, 3.8) is 0 Å². The summed E-state index contributed by atoms with van der Waals surface area (Å²) in [5.41, 5.74) is 5.76. The Morgan fingerprint density at radius 2 is 1.77 bits per heavy atom. The molecule has 5 nitrogen and oxygen atoms in total. The topological polar surface area (TPSA) is 46.8 Å². The third-order valence-electron chi connectivity index (χ3n) is 5.27. The zero-order valence-electron chi connectivity index (χ0n) is 16.6. The molecule has 5 rings (SSSR count). The predicted octanol–water partition coefficient (Wildman–Crippen LogP) is 5.82. The van der Waals surface area contributed by atoms with Gasteiger partial charge in [-0.3, -0.25) is 4.40 Å². The molecule has 0 fully saturated rings. The summed E-state index contributed by atoms with van der Waals surface area (Å²) in [6.45, 7) is 3.52. The monoisotopic (exact) mass is 483 g/mol. The molecule has 0 unspecified atom stereocenters. The molecule has 1 aliphatic heterocycles. The Morgan fingerprint density at radius 3 is 2.50 bits per heavy atom. The zero-order valence-corrected chi connectivity index (χ0v) is 19.1. The highest BCUT2D eigenvalue weighted by molar-refractivity contribution is 8.93. The average Bonchev–Trinajstić information content (AvgIpc) is 3.32. The van der Waals surface area contributed by atoms with Gasteiger partial charge in [0.15, 0.2) is 4.96 Å². The third kappa shape index (κ3) is 3.75. The molecule has 0 spiro atoms. The highest BCUT2D eigenvalue weighted by Gasteiger charge is 2.26. The van der Waals surface area contributed by atoms with Gasteiger partial charge in [-0.1, -0.05) is 65.9 Å². The summed E-state index contributed by atoms with van der Waals surface area (Å²) in [6, 6.07) is 18.9. The van der Waals surface area contributed by atoms with Crippen LogP contribution in [0.2, 0.25) is 0 Å². The maximum atomic E-state index is 12.0. The van der Waals surface area contributed by atoms with Crippen LogP contribution in [0.5, 0.6) is 0 Å². The first-order chi connectivity index (χ1) is 14.2. The van der Waals surface area contributed by atoms with Crippen LogP contribution in [0.15, 0.2) is 60.8 Å². The number of rotatable bonds is 3. The Kier molecular flexibility index (Phi) is 5.92. The average molecular weight is 484 g/mol. The molecule has 2 aromatic heterocycles. The van der Waals surface area contributed by atoms with Crippen molar-refractivity contribution in [2.75, 3.05) is 13.2 Å². The number of hydrogen-bond acceptors (Lipinski definition) is 4. The number of nitrogens with zero attached hydrogens (tertiary/aromatic N) is 3. The Balaban J connectivity index is 0.00000218. The number of halogens is 1. The van der Waals surface area contributed by atoms with Crippen LogP contribution in [0.4, 0.5) is 4.79 Å². The summed E-state index contributed by atoms with van der Waals surface area (Å²) in [5.74, 6) is 0. The van der Waals surface area contributed by atoms with Gasteiger partial charge in [0, 0.05) is 35.3 Å². The van der Waals surface area contributed by atoms with Gasteiger partial charge in [0.05, 0.1) is 18.8 Å². The van der Waals surface area contributed by atoms with Crippen molar-refractivity contribution in [2.45, 2.75) is 19.9 Å². The SMILES string of the molecule is Br.CCOC(=O)N1CCc2c(sc3nc(-c4ccc(-c5ccccc5)cc4)cn23)C1. The molecule has 0 N–H and O–H groups in total. The van der Waals surface area contributed by atoms with Crippen LogP contribution in [-0.2, 0) is 17.7 Å². The summed E-state index contributed by atoms with van der Waals surface area (Å²) in [4.78, 5) is 20.8. The number of amides is 1. The van der Waals surface area contributed by atoms with E-state index in [0.29, 0.717) is 19.7 Å². The van der Waals surface area contributed by atoms with Gasteiger partial charge < -0.3 is 9.64 Å². The van der Waals surface area contributed by atoms with Crippen molar-refractivity contribution in [1.82, 2.24) is 14.3 Å². The Bertz CT molecular complexity index is 1170. The van der Waals surface area contributed by atoms with Crippen LogP contribution in [0.25, 0.3) is 27.3 Å². The molecule has 0 saturated carbocycles.